The minimum absolute atomic E-state index is 0.0932. The SMILES string of the molecule is C#CCN1C(=O)C(C)=CC1OC(=O)Nc1ccccc1. The molecule has 1 N–H and O–H groups in total. The lowest BCUT2D eigenvalue weighted by molar-refractivity contribution is -0.130. The van der Waals surface area contributed by atoms with Crippen LogP contribution in [0.5, 0.6) is 0 Å². The van der Waals surface area contributed by atoms with Gasteiger partial charge in [-0.25, -0.2) is 4.79 Å². The minimum atomic E-state index is -0.762. The molecule has 2 rings (SSSR count). The summed E-state index contributed by atoms with van der Waals surface area (Å²) in [7, 11) is 0. The van der Waals surface area contributed by atoms with E-state index in [9.17, 15) is 9.59 Å². The van der Waals surface area contributed by atoms with Crippen molar-refractivity contribution in [3.63, 3.8) is 0 Å². The number of nitrogens with one attached hydrogen (secondary N) is 1. The Labute approximate surface area is 117 Å². The Bertz CT molecular complexity index is 587. The van der Waals surface area contributed by atoms with Crippen LogP contribution in [0, 0.1) is 12.3 Å². The zero-order valence-corrected chi connectivity index (χ0v) is 11.0. The van der Waals surface area contributed by atoms with Gasteiger partial charge in [-0.05, 0) is 25.1 Å². The van der Waals surface area contributed by atoms with E-state index in [4.69, 9.17) is 11.2 Å². The van der Waals surface area contributed by atoms with Crippen LogP contribution in [0.2, 0.25) is 0 Å². The molecule has 1 aliphatic heterocycles. The van der Waals surface area contributed by atoms with Gasteiger partial charge in [0, 0.05) is 11.3 Å². The fourth-order valence-electron chi connectivity index (χ4n) is 1.85. The molecule has 20 heavy (non-hydrogen) atoms. The van der Waals surface area contributed by atoms with E-state index in [-0.39, 0.29) is 12.5 Å². The first kappa shape index (κ1) is 13.7. The third kappa shape index (κ3) is 2.98. The Hall–Kier alpha value is -2.74. The van der Waals surface area contributed by atoms with Crippen LogP contribution in [0.4, 0.5) is 10.5 Å². The van der Waals surface area contributed by atoms with Gasteiger partial charge in [0.25, 0.3) is 5.91 Å². The largest absolute Gasteiger partial charge is 0.421 e. The van der Waals surface area contributed by atoms with E-state index in [1.165, 1.54) is 4.90 Å². The van der Waals surface area contributed by atoms with Crippen LogP contribution in [0.1, 0.15) is 6.92 Å². The highest BCUT2D eigenvalue weighted by Gasteiger charge is 2.32. The molecule has 1 heterocycles. The Morgan fingerprint density at radius 2 is 2.15 bits per heavy atom. The van der Waals surface area contributed by atoms with Crippen molar-refractivity contribution in [1.82, 2.24) is 4.90 Å². The number of ether oxygens (including phenoxy) is 1. The van der Waals surface area contributed by atoms with E-state index in [0.717, 1.165) is 0 Å². The molecule has 0 aliphatic carbocycles. The van der Waals surface area contributed by atoms with E-state index in [1.54, 1.807) is 37.3 Å². The zero-order chi connectivity index (χ0) is 14.5. The number of para-hydroxylation sites is 1. The molecule has 0 fully saturated rings. The predicted octanol–water partition coefficient (Wildman–Crippen LogP) is 1.98. The van der Waals surface area contributed by atoms with E-state index >= 15 is 0 Å². The second kappa shape index (κ2) is 5.93. The number of hydrogen-bond acceptors (Lipinski definition) is 3. The molecule has 1 aliphatic rings. The van der Waals surface area contributed by atoms with Crippen LogP contribution in [-0.4, -0.2) is 29.7 Å². The molecule has 1 aromatic rings. The van der Waals surface area contributed by atoms with Crippen molar-refractivity contribution in [3.05, 3.63) is 42.0 Å². The van der Waals surface area contributed by atoms with E-state index in [1.807, 2.05) is 6.07 Å². The van der Waals surface area contributed by atoms with Gasteiger partial charge in [-0.1, -0.05) is 24.1 Å². The lowest BCUT2D eigenvalue weighted by atomic mass is 10.3. The molecule has 5 nitrogen and oxygen atoms in total. The molecule has 102 valence electrons. The summed E-state index contributed by atoms with van der Waals surface area (Å²) in [5.74, 6) is 2.15. The number of carbonyl (C=O) groups is 2. The van der Waals surface area contributed by atoms with Gasteiger partial charge in [-0.15, -0.1) is 6.42 Å². The normalized spacial score (nSPS) is 17.4. The molecule has 2 amide bonds. The summed E-state index contributed by atoms with van der Waals surface area (Å²) < 4.78 is 5.20. The van der Waals surface area contributed by atoms with Crippen LogP contribution in [-0.2, 0) is 9.53 Å². The molecular formula is C15H14N2O3. The lowest BCUT2D eigenvalue weighted by Crippen LogP contribution is -2.38. The number of carbonyl (C=O) groups excluding carboxylic acids is 2. The number of rotatable bonds is 3. The Morgan fingerprint density at radius 3 is 2.80 bits per heavy atom. The lowest BCUT2D eigenvalue weighted by Gasteiger charge is -2.22. The monoisotopic (exact) mass is 270 g/mol. The summed E-state index contributed by atoms with van der Waals surface area (Å²) in [6.07, 6.45) is 5.38. The van der Waals surface area contributed by atoms with Gasteiger partial charge < -0.3 is 4.74 Å². The third-order valence-corrected chi connectivity index (χ3v) is 2.81. The van der Waals surface area contributed by atoms with Gasteiger partial charge in [0.15, 0.2) is 0 Å². The number of anilines is 1. The quantitative estimate of drug-likeness (QED) is 0.854. The van der Waals surface area contributed by atoms with Crippen LogP contribution in [0.3, 0.4) is 0 Å². The molecule has 0 aromatic heterocycles. The molecule has 0 saturated carbocycles. The minimum Gasteiger partial charge on any atom is -0.421 e. The first-order valence-corrected chi connectivity index (χ1v) is 6.07. The van der Waals surface area contributed by atoms with E-state index < -0.39 is 12.3 Å². The maximum absolute atomic E-state index is 11.8. The summed E-state index contributed by atoms with van der Waals surface area (Å²) in [6.45, 7) is 1.75. The van der Waals surface area contributed by atoms with Crippen molar-refractivity contribution in [2.24, 2.45) is 0 Å². The molecule has 0 bridgehead atoms. The number of terminal acetylenes is 1. The summed E-state index contributed by atoms with van der Waals surface area (Å²) in [5, 5.41) is 2.58. The maximum Gasteiger partial charge on any atom is 0.413 e. The van der Waals surface area contributed by atoms with Gasteiger partial charge in [0.05, 0.1) is 6.54 Å². The van der Waals surface area contributed by atoms with Gasteiger partial charge >= 0.3 is 6.09 Å². The van der Waals surface area contributed by atoms with Crippen molar-refractivity contribution in [1.29, 1.82) is 0 Å². The van der Waals surface area contributed by atoms with Crippen LogP contribution < -0.4 is 5.32 Å². The van der Waals surface area contributed by atoms with Gasteiger partial charge in [0.1, 0.15) is 0 Å². The maximum atomic E-state index is 11.8. The van der Waals surface area contributed by atoms with Gasteiger partial charge in [0.2, 0.25) is 6.23 Å². The second-order valence-corrected chi connectivity index (χ2v) is 4.27. The fourth-order valence-corrected chi connectivity index (χ4v) is 1.85. The standard InChI is InChI=1S/C15H14N2O3/c1-3-9-17-13(10-11(2)14(17)18)20-15(19)16-12-7-5-4-6-8-12/h1,4-8,10,13H,9H2,2H3,(H,16,19). The van der Waals surface area contributed by atoms with E-state index in [2.05, 4.69) is 11.2 Å². The average Bonchev–Trinajstić information content (AvgIpc) is 2.68. The van der Waals surface area contributed by atoms with Crippen molar-refractivity contribution in [2.75, 3.05) is 11.9 Å². The summed E-state index contributed by atoms with van der Waals surface area (Å²) in [6, 6.07) is 8.91. The van der Waals surface area contributed by atoms with Gasteiger partial charge in [-0.3, -0.25) is 15.0 Å². The van der Waals surface area contributed by atoms with Gasteiger partial charge in [-0.2, -0.15) is 0 Å². The fraction of sp³-hybridized carbons (Fsp3) is 0.200. The second-order valence-electron chi connectivity index (χ2n) is 4.27. The Balaban J connectivity index is 2.00. The van der Waals surface area contributed by atoms with Crippen molar-refractivity contribution >= 4 is 17.7 Å². The first-order valence-electron chi connectivity index (χ1n) is 6.07. The zero-order valence-electron chi connectivity index (χ0n) is 11.0. The molecule has 0 saturated heterocycles. The summed E-state index contributed by atoms with van der Waals surface area (Å²) in [5.41, 5.74) is 1.13. The Morgan fingerprint density at radius 1 is 1.45 bits per heavy atom. The van der Waals surface area contributed by atoms with Crippen LogP contribution >= 0.6 is 0 Å². The smallest absolute Gasteiger partial charge is 0.413 e. The predicted molar refractivity (Wildman–Crippen MR) is 74.6 cm³/mol. The number of benzene rings is 1. The molecule has 5 heteroatoms. The molecule has 1 unspecified atom stereocenters. The Kier molecular flexibility index (Phi) is 4.06. The highest BCUT2D eigenvalue weighted by atomic mass is 16.6. The van der Waals surface area contributed by atoms with Crippen molar-refractivity contribution < 1.29 is 14.3 Å². The number of amides is 2. The molecule has 1 aromatic carbocycles. The van der Waals surface area contributed by atoms with Crippen LogP contribution in [0.15, 0.2) is 42.0 Å². The molecule has 0 radical (unpaired) electrons. The summed E-state index contributed by atoms with van der Waals surface area (Å²) >= 11 is 0. The molecule has 1 atom stereocenters. The molecular weight excluding hydrogens is 256 g/mol. The van der Waals surface area contributed by atoms with Crippen molar-refractivity contribution in [3.8, 4) is 12.3 Å². The highest BCUT2D eigenvalue weighted by molar-refractivity contribution is 5.96. The average molecular weight is 270 g/mol. The van der Waals surface area contributed by atoms with E-state index in [0.29, 0.717) is 11.3 Å². The first-order chi connectivity index (χ1) is 9.61. The summed E-state index contributed by atoms with van der Waals surface area (Å²) in [4.78, 5) is 24.9. The number of nitrogens with zero attached hydrogens (tertiary/aromatic N) is 1. The topological polar surface area (TPSA) is 58.6 Å². The van der Waals surface area contributed by atoms with Crippen molar-refractivity contribution in [2.45, 2.75) is 13.2 Å². The number of hydrogen-bond donors (Lipinski definition) is 1. The third-order valence-electron chi connectivity index (χ3n) is 2.81. The highest BCUT2D eigenvalue weighted by Crippen LogP contribution is 2.19. The molecule has 0 spiro atoms. The van der Waals surface area contributed by atoms with Crippen LogP contribution in [0.25, 0.3) is 0 Å².